The molecule has 0 atom stereocenters. The third-order valence-corrected chi connectivity index (χ3v) is 5.32. The van der Waals surface area contributed by atoms with Gasteiger partial charge in [0.1, 0.15) is 0 Å². The minimum atomic E-state index is 0.712. The smallest absolute Gasteiger partial charge is 0.0660 e. The number of anilines is 1. The van der Waals surface area contributed by atoms with Crippen molar-refractivity contribution in [2.24, 2.45) is 4.99 Å². The van der Waals surface area contributed by atoms with Crippen molar-refractivity contribution >= 4 is 33.4 Å². The van der Waals surface area contributed by atoms with Gasteiger partial charge < -0.3 is 5.32 Å². The van der Waals surface area contributed by atoms with Gasteiger partial charge in [-0.15, -0.1) is 0 Å². The molecule has 2 aromatic rings. The Hall–Kier alpha value is -1.91. The van der Waals surface area contributed by atoms with E-state index in [1.165, 1.54) is 48.2 Å². The lowest BCUT2D eigenvalue weighted by Crippen LogP contribution is -2.18. The van der Waals surface area contributed by atoms with Crippen LogP contribution in [-0.2, 0) is 6.54 Å². The molecule has 4 rings (SSSR count). The molecule has 0 aliphatic carbocycles. The zero-order chi connectivity index (χ0) is 17.1. The fraction of sp³-hybridized carbons (Fsp3) is 0.286. The number of hydrogen-bond acceptors (Lipinski definition) is 3. The van der Waals surface area contributed by atoms with Crippen molar-refractivity contribution < 1.29 is 0 Å². The second-order valence-electron chi connectivity index (χ2n) is 6.70. The lowest BCUT2D eigenvalue weighted by atomic mass is 9.99. The summed E-state index contributed by atoms with van der Waals surface area (Å²) in [5.41, 5.74) is 6.12. The lowest BCUT2D eigenvalue weighted by molar-refractivity contribution is 0.331. The minimum absolute atomic E-state index is 0.712. The quantitative estimate of drug-likeness (QED) is 0.794. The van der Waals surface area contributed by atoms with E-state index in [9.17, 15) is 0 Å². The van der Waals surface area contributed by atoms with E-state index in [1.54, 1.807) is 0 Å². The number of halogens is 1. The first-order chi connectivity index (χ1) is 12.3. The van der Waals surface area contributed by atoms with Gasteiger partial charge >= 0.3 is 0 Å². The van der Waals surface area contributed by atoms with Crippen molar-refractivity contribution in [2.75, 3.05) is 25.0 Å². The number of aliphatic imine (C=N–C) groups is 1. The van der Waals surface area contributed by atoms with E-state index in [1.807, 2.05) is 6.21 Å². The summed E-state index contributed by atoms with van der Waals surface area (Å²) in [6.45, 7) is 4.25. The molecule has 0 unspecified atom stereocenters. The van der Waals surface area contributed by atoms with Crippen LogP contribution in [0.2, 0.25) is 0 Å². The molecule has 2 aliphatic rings. The van der Waals surface area contributed by atoms with Gasteiger partial charge in [-0.1, -0.05) is 34.1 Å². The lowest BCUT2D eigenvalue weighted by Gasteiger charge is -2.16. The Bertz CT molecular complexity index is 802. The average Bonchev–Trinajstić information content (AvgIpc) is 3.14. The molecule has 2 aliphatic heterocycles. The van der Waals surface area contributed by atoms with Crippen LogP contribution in [0.15, 0.2) is 58.1 Å². The Balaban J connectivity index is 1.45. The summed E-state index contributed by atoms with van der Waals surface area (Å²) in [6, 6.07) is 15.1. The molecule has 3 nitrogen and oxygen atoms in total. The first kappa shape index (κ1) is 16.6. The highest BCUT2D eigenvalue weighted by Gasteiger charge is 2.12. The third kappa shape index (κ3) is 4.02. The van der Waals surface area contributed by atoms with E-state index in [-0.39, 0.29) is 0 Å². The molecule has 0 saturated carbocycles. The van der Waals surface area contributed by atoms with Crippen LogP contribution in [0.25, 0.3) is 5.57 Å². The van der Waals surface area contributed by atoms with E-state index >= 15 is 0 Å². The molecule has 2 aromatic carbocycles. The molecule has 25 heavy (non-hydrogen) atoms. The Labute approximate surface area is 157 Å². The van der Waals surface area contributed by atoms with Gasteiger partial charge in [0, 0.05) is 29.1 Å². The topological polar surface area (TPSA) is 27.6 Å². The first-order valence-electron chi connectivity index (χ1n) is 8.84. The molecule has 0 amide bonds. The fourth-order valence-electron chi connectivity index (χ4n) is 3.45. The molecule has 0 radical (unpaired) electrons. The van der Waals surface area contributed by atoms with E-state index in [0.29, 0.717) is 6.54 Å². The van der Waals surface area contributed by atoms with Gasteiger partial charge in [0.2, 0.25) is 0 Å². The second-order valence-corrected chi connectivity index (χ2v) is 7.61. The molecular weight excluding hydrogens is 374 g/mol. The van der Waals surface area contributed by atoms with Gasteiger partial charge in [-0.05, 0) is 72.5 Å². The van der Waals surface area contributed by atoms with Crippen molar-refractivity contribution in [1.82, 2.24) is 4.90 Å². The van der Waals surface area contributed by atoms with Gasteiger partial charge in [-0.25, -0.2) is 0 Å². The van der Waals surface area contributed by atoms with Crippen molar-refractivity contribution in [2.45, 2.75) is 19.4 Å². The summed E-state index contributed by atoms with van der Waals surface area (Å²) < 4.78 is 1.10. The third-order valence-electron chi connectivity index (χ3n) is 4.83. The Morgan fingerprint density at radius 1 is 1.08 bits per heavy atom. The molecule has 128 valence electrons. The largest absolute Gasteiger partial charge is 0.361 e. The number of hydrogen-bond donors (Lipinski definition) is 1. The highest BCUT2D eigenvalue weighted by atomic mass is 79.9. The van der Waals surface area contributed by atoms with E-state index in [4.69, 9.17) is 0 Å². The van der Waals surface area contributed by atoms with Gasteiger partial charge in [0.25, 0.3) is 0 Å². The standard InChI is InChI=1S/C21H22BrN3/c22-19-6-5-17-12-23-13-18(21(17)11-19)14-24-20-7-3-16(4-8-20)15-25-9-1-2-10-25/h3-8,11-12,14,24H,1-2,9-10,13,15H2/b18-14+. The number of rotatable bonds is 4. The van der Waals surface area contributed by atoms with Crippen LogP contribution in [0.3, 0.4) is 0 Å². The maximum absolute atomic E-state index is 4.46. The maximum Gasteiger partial charge on any atom is 0.0660 e. The van der Waals surface area contributed by atoms with Crippen LogP contribution in [-0.4, -0.2) is 30.7 Å². The number of fused-ring (bicyclic) bond motifs is 1. The van der Waals surface area contributed by atoms with E-state index < -0.39 is 0 Å². The minimum Gasteiger partial charge on any atom is -0.361 e. The first-order valence-corrected chi connectivity index (χ1v) is 9.64. The fourth-order valence-corrected chi connectivity index (χ4v) is 3.81. The molecule has 0 spiro atoms. The summed E-state index contributed by atoms with van der Waals surface area (Å²) >= 11 is 3.56. The maximum atomic E-state index is 4.46. The van der Waals surface area contributed by atoms with Crippen LogP contribution in [0, 0.1) is 0 Å². The van der Waals surface area contributed by atoms with Gasteiger partial charge in [0.15, 0.2) is 0 Å². The highest BCUT2D eigenvalue weighted by Crippen LogP contribution is 2.26. The molecule has 1 N–H and O–H groups in total. The normalized spacial score (nSPS) is 18.5. The Kier molecular flexibility index (Phi) is 4.99. The van der Waals surface area contributed by atoms with Gasteiger partial charge in [-0.2, -0.15) is 0 Å². The van der Waals surface area contributed by atoms with Crippen molar-refractivity contribution in [3.63, 3.8) is 0 Å². The van der Waals surface area contributed by atoms with Crippen molar-refractivity contribution in [1.29, 1.82) is 0 Å². The van der Waals surface area contributed by atoms with Crippen molar-refractivity contribution in [3.05, 3.63) is 69.8 Å². The molecule has 0 aromatic heterocycles. The number of nitrogens with zero attached hydrogens (tertiary/aromatic N) is 2. The number of nitrogens with one attached hydrogen (secondary N) is 1. The summed E-state index contributed by atoms with van der Waals surface area (Å²) in [5.74, 6) is 0. The summed E-state index contributed by atoms with van der Waals surface area (Å²) in [5, 5.41) is 3.43. The highest BCUT2D eigenvalue weighted by molar-refractivity contribution is 9.10. The van der Waals surface area contributed by atoms with Crippen LogP contribution in [0.4, 0.5) is 5.69 Å². The summed E-state index contributed by atoms with van der Waals surface area (Å²) in [4.78, 5) is 6.99. The van der Waals surface area contributed by atoms with Crippen LogP contribution in [0.5, 0.6) is 0 Å². The van der Waals surface area contributed by atoms with Crippen LogP contribution in [0.1, 0.15) is 29.5 Å². The SMILES string of the molecule is Brc1ccc2c(c1)/C(=C/Nc1ccc(CN3CCCC3)cc1)CN=C2. The van der Waals surface area contributed by atoms with E-state index in [2.05, 4.69) is 79.8 Å². The molecular formula is C21H22BrN3. The average molecular weight is 396 g/mol. The van der Waals surface area contributed by atoms with Crippen LogP contribution >= 0.6 is 15.9 Å². The molecule has 1 saturated heterocycles. The zero-order valence-corrected chi connectivity index (χ0v) is 15.8. The van der Waals surface area contributed by atoms with Crippen LogP contribution < -0.4 is 5.32 Å². The predicted octanol–water partition coefficient (Wildman–Crippen LogP) is 4.93. The molecule has 2 heterocycles. The summed E-state index contributed by atoms with van der Waals surface area (Å²) in [7, 11) is 0. The Morgan fingerprint density at radius 2 is 1.88 bits per heavy atom. The number of benzene rings is 2. The Morgan fingerprint density at radius 3 is 2.68 bits per heavy atom. The zero-order valence-electron chi connectivity index (χ0n) is 14.2. The van der Waals surface area contributed by atoms with Gasteiger partial charge in [-0.3, -0.25) is 9.89 Å². The van der Waals surface area contributed by atoms with Gasteiger partial charge in [0.05, 0.1) is 6.54 Å². The second kappa shape index (κ2) is 7.54. The molecule has 4 heteroatoms. The molecule has 0 bridgehead atoms. The monoisotopic (exact) mass is 395 g/mol. The number of likely N-dealkylation sites (tertiary alicyclic amines) is 1. The van der Waals surface area contributed by atoms with Crippen molar-refractivity contribution in [3.8, 4) is 0 Å². The predicted molar refractivity (Wildman–Crippen MR) is 109 cm³/mol. The summed E-state index contributed by atoms with van der Waals surface area (Å²) in [6.07, 6.45) is 6.71. The molecule has 1 fully saturated rings. The van der Waals surface area contributed by atoms with E-state index in [0.717, 1.165) is 16.7 Å².